The van der Waals surface area contributed by atoms with Crippen molar-refractivity contribution in [1.29, 1.82) is 0 Å². The summed E-state index contributed by atoms with van der Waals surface area (Å²) >= 11 is 0. The number of allylic oxidation sites excluding steroid dienone is 5. The first-order chi connectivity index (χ1) is 38.5. The highest BCUT2D eigenvalue weighted by atomic mass is 16.5. The van der Waals surface area contributed by atoms with Crippen LogP contribution >= 0.6 is 0 Å². The van der Waals surface area contributed by atoms with Crippen molar-refractivity contribution in [2.24, 2.45) is 0 Å². The molecule has 78 heavy (non-hydrogen) atoms. The average molecular weight is 1100 g/mol. The highest BCUT2D eigenvalue weighted by molar-refractivity contribution is 5.76. The molecular weight excluding hydrogens is 959 g/mol. The van der Waals surface area contributed by atoms with E-state index >= 15 is 0 Å². The number of hydrogen-bond donors (Lipinski definition) is 3. The number of aliphatic hydroxyl groups excluding tert-OH is 2. The fourth-order valence-electron chi connectivity index (χ4n) is 11.0. The predicted octanol–water partition coefficient (Wildman–Crippen LogP) is 22.7. The van der Waals surface area contributed by atoms with Crippen molar-refractivity contribution in [2.75, 3.05) is 13.2 Å². The molecule has 6 heteroatoms. The second kappa shape index (κ2) is 67.6. The number of ether oxygens (including phenoxy) is 1. The first-order valence-electron chi connectivity index (χ1n) is 35.3. The molecule has 0 aromatic carbocycles. The van der Waals surface area contributed by atoms with Crippen LogP contribution in [-0.2, 0) is 14.3 Å². The fraction of sp³-hybridized carbons (Fsp3) is 0.889. The van der Waals surface area contributed by atoms with Crippen LogP contribution in [0, 0.1) is 0 Å². The number of nitrogens with one attached hydrogen (secondary N) is 1. The maximum Gasteiger partial charge on any atom is 0.305 e. The molecule has 460 valence electrons. The molecule has 0 saturated heterocycles. The minimum atomic E-state index is -0.842. The third-order valence-electron chi connectivity index (χ3n) is 16.4. The highest BCUT2D eigenvalue weighted by Gasteiger charge is 2.18. The molecule has 0 fully saturated rings. The molecule has 2 unspecified atom stereocenters. The van der Waals surface area contributed by atoms with E-state index in [9.17, 15) is 19.8 Å². The van der Waals surface area contributed by atoms with Gasteiger partial charge in [0, 0.05) is 12.8 Å². The lowest BCUT2D eigenvalue weighted by Crippen LogP contribution is -2.45. The molecule has 0 bridgehead atoms. The molecule has 0 aliphatic rings. The fourth-order valence-corrected chi connectivity index (χ4v) is 11.0. The van der Waals surface area contributed by atoms with Gasteiger partial charge in [-0.2, -0.15) is 0 Å². The first-order valence-corrected chi connectivity index (χ1v) is 35.3. The Hall–Kier alpha value is -1.92. The van der Waals surface area contributed by atoms with E-state index in [2.05, 4.69) is 43.5 Å². The molecule has 3 N–H and O–H groups in total. The summed E-state index contributed by atoms with van der Waals surface area (Å²) in [6, 6.07) is -0.626. The predicted molar refractivity (Wildman–Crippen MR) is 343 cm³/mol. The van der Waals surface area contributed by atoms with E-state index in [0.29, 0.717) is 19.4 Å². The zero-order chi connectivity index (χ0) is 56.4. The second-order valence-electron chi connectivity index (χ2n) is 24.2. The van der Waals surface area contributed by atoms with Gasteiger partial charge < -0.3 is 20.3 Å². The van der Waals surface area contributed by atoms with Crippen LogP contribution < -0.4 is 5.32 Å². The molecule has 6 nitrogen and oxygen atoms in total. The summed E-state index contributed by atoms with van der Waals surface area (Å²) in [5, 5.41) is 23.2. The molecule has 0 heterocycles. The maximum absolute atomic E-state index is 12.5. The van der Waals surface area contributed by atoms with Crippen molar-refractivity contribution in [1.82, 2.24) is 5.32 Å². The van der Waals surface area contributed by atoms with E-state index in [1.807, 2.05) is 6.08 Å². The van der Waals surface area contributed by atoms with Crippen LogP contribution in [0.4, 0.5) is 0 Å². The summed E-state index contributed by atoms with van der Waals surface area (Å²) in [5.74, 6) is -0.0470. The molecule has 0 aliphatic heterocycles. The van der Waals surface area contributed by atoms with Crippen LogP contribution in [0.25, 0.3) is 0 Å². The zero-order valence-corrected chi connectivity index (χ0v) is 52.7. The second-order valence-corrected chi connectivity index (χ2v) is 24.2. The monoisotopic (exact) mass is 1100 g/mol. The van der Waals surface area contributed by atoms with Gasteiger partial charge in [0.1, 0.15) is 0 Å². The SMILES string of the molecule is CCCCCCCCCCCCCCC/C=C/C(O)C(CO)NC(=O)CCCCCCCCCCCCCCCCCCC/C=C\C/C=C\CCCCCCCCCCCCCOC(=O)CCCCCCCCCCCCC. The van der Waals surface area contributed by atoms with Gasteiger partial charge in [0.25, 0.3) is 0 Å². The number of rotatable bonds is 66. The van der Waals surface area contributed by atoms with Crippen molar-refractivity contribution >= 4 is 11.9 Å². The largest absolute Gasteiger partial charge is 0.466 e. The summed E-state index contributed by atoms with van der Waals surface area (Å²) in [7, 11) is 0. The van der Waals surface area contributed by atoms with Crippen LogP contribution in [0.3, 0.4) is 0 Å². The molecule has 0 rings (SSSR count). The lowest BCUT2D eigenvalue weighted by molar-refractivity contribution is -0.143. The van der Waals surface area contributed by atoms with Crippen molar-refractivity contribution in [3.05, 3.63) is 36.5 Å². The normalized spacial score (nSPS) is 12.7. The number of carbonyl (C=O) groups is 2. The first kappa shape index (κ1) is 76.1. The van der Waals surface area contributed by atoms with Crippen LogP contribution in [0.15, 0.2) is 36.5 Å². The van der Waals surface area contributed by atoms with E-state index in [0.717, 1.165) is 44.9 Å². The van der Waals surface area contributed by atoms with E-state index in [1.54, 1.807) is 6.08 Å². The Morgan fingerprint density at radius 3 is 0.974 bits per heavy atom. The molecule has 0 aliphatic carbocycles. The highest BCUT2D eigenvalue weighted by Crippen LogP contribution is 2.18. The number of unbranched alkanes of at least 4 members (excludes halogenated alkanes) is 51. The van der Waals surface area contributed by atoms with Crippen molar-refractivity contribution in [3.63, 3.8) is 0 Å². The van der Waals surface area contributed by atoms with Gasteiger partial charge >= 0.3 is 5.97 Å². The number of esters is 1. The van der Waals surface area contributed by atoms with Gasteiger partial charge in [-0.1, -0.05) is 346 Å². The van der Waals surface area contributed by atoms with Crippen LogP contribution in [0.1, 0.15) is 386 Å². The van der Waals surface area contributed by atoms with Crippen molar-refractivity contribution < 1.29 is 24.5 Å². The van der Waals surface area contributed by atoms with E-state index < -0.39 is 12.1 Å². The Morgan fingerprint density at radius 1 is 0.359 bits per heavy atom. The maximum atomic E-state index is 12.5. The Morgan fingerprint density at radius 2 is 0.641 bits per heavy atom. The minimum Gasteiger partial charge on any atom is -0.466 e. The summed E-state index contributed by atoms with van der Waals surface area (Å²) < 4.78 is 5.47. The van der Waals surface area contributed by atoms with Gasteiger partial charge in [-0.15, -0.1) is 0 Å². The summed E-state index contributed by atoms with van der Waals surface area (Å²) in [4.78, 5) is 24.5. The molecule has 1 amide bonds. The third-order valence-corrected chi connectivity index (χ3v) is 16.4. The Bertz CT molecular complexity index is 1260. The van der Waals surface area contributed by atoms with Gasteiger partial charge in [-0.3, -0.25) is 9.59 Å². The summed E-state index contributed by atoms with van der Waals surface area (Å²) in [6.45, 7) is 4.93. The lowest BCUT2D eigenvalue weighted by atomic mass is 10.0. The van der Waals surface area contributed by atoms with E-state index in [4.69, 9.17) is 4.74 Å². The van der Waals surface area contributed by atoms with E-state index in [-0.39, 0.29) is 18.5 Å². The average Bonchev–Trinajstić information content (AvgIpc) is 3.44. The van der Waals surface area contributed by atoms with Gasteiger partial charge in [-0.05, 0) is 64.2 Å². The number of amides is 1. The van der Waals surface area contributed by atoms with Gasteiger partial charge in [0.05, 0.1) is 25.4 Å². The zero-order valence-electron chi connectivity index (χ0n) is 52.7. The molecule has 0 aromatic rings. The summed E-state index contributed by atoms with van der Waals surface area (Å²) in [5.41, 5.74) is 0. The van der Waals surface area contributed by atoms with Gasteiger partial charge in [0.2, 0.25) is 5.91 Å². The molecule has 0 aromatic heterocycles. The minimum absolute atomic E-state index is 0.0165. The molecule has 0 spiro atoms. The lowest BCUT2D eigenvalue weighted by Gasteiger charge is -2.20. The smallest absolute Gasteiger partial charge is 0.305 e. The Kier molecular flexibility index (Phi) is 65.9. The third kappa shape index (κ3) is 63.3. The standard InChI is InChI=1S/C72H137NO5/c1-3-5-7-9-11-13-15-16-38-41-45-48-52-56-60-64-70(75)69(68-74)73-71(76)65-61-57-53-49-46-42-39-36-34-32-30-28-26-24-22-20-18-17-19-21-23-25-27-29-31-33-35-37-40-43-47-51-55-59-63-67-78-72(77)66-62-58-54-50-44-14-12-10-8-6-4-2/h19,21,25,27,60,64,69-70,74-75H,3-18,20,22-24,26,28-59,61-63,65-68H2,1-2H3,(H,73,76)/b21-19-,27-25-,64-60+. The summed E-state index contributed by atoms with van der Waals surface area (Å²) in [6.07, 6.45) is 86.6. The number of hydrogen-bond acceptors (Lipinski definition) is 5. The van der Waals surface area contributed by atoms with E-state index in [1.165, 1.54) is 315 Å². The topological polar surface area (TPSA) is 95.9 Å². The quantitative estimate of drug-likeness (QED) is 0.0320. The Labute approximate surface area is 487 Å². The molecular formula is C72H137NO5. The van der Waals surface area contributed by atoms with Crippen LogP contribution in [0.5, 0.6) is 0 Å². The van der Waals surface area contributed by atoms with Crippen LogP contribution in [-0.4, -0.2) is 47.4 Å². The number of aliphatic hydroxyl groups is 2. The van der Waals surface area contributed by atoms with Crippen LogP contribution in [0.2, 0.25) is 0 Å². The number of carbonyl (C=O) groups excluding carboxylic acids is 2. The molecule has 0 saturated carbocycles. The van der Waals surface area contributed by atoms with Crippen molar-refractivity contribution in [2.45, 2.75) is 398 Å². The van der Waals surface area contributed by atoms with Gasteiger partial charge in [0.15, 0.2) is 0 Å². The van der Waals surface area contributed by atoms with Gasteiger partial charge in [-0.25, -0.2) is 0 Å². The molecule has 0 radical (unpaired) electrons. The Balaban J connectivity index is 3.38. The van der Waals surface area contributed by atoms with Crippen molar-refractivity contribution in [3.8, 4) is 0 Å². The molecule has 2 atom stereocenters.